The molecular weight excluding hydrogens is 153 g/mol. The first-order valence-electron chi connectivity index (χ1n) is 2.93. The normalized spacial score (nSPS) is 10.6. The predicted molar refractivity (Wildman–Crippen MR) is 35.2 cm³/mol. The number of hydrogen-bond acceptors (Lipinski definition) is 3. The number of rotatable bonds is 5. The Balaban J connectivity index is 2.92. The third kappa shape index (κ3) is 7.51. The van der Waals surface area contributed by atoms with Crippen molar-refractivity contribution in [3.63, 3.8) is 0 Å². The Morgan fingerprint density at radius 2 is 2.30 bits per heavy atom. The van der Waals surface area contributed by atoms with Crippen LogP contribution in [0, 0.1) is 11.3 Å². The van der Waals surface area contributed by atoms with E-state index in [9.17, 15) is 4.57 Å². The van der Waals surface area contributed by atoms with Gasteiger partial charge in [-0.3, -0.25) is 0 Å². The summed E-state index contributed by atoms with van der Waals surface area (Å²) in [7, 11) is -2.45. The lowest BCUT2D eigenvalue weighted by molar-refractivity contribution is 0.275. The molecule has 0 fully saturated rings. The average Bonchev–Trinajstić information content (AvgIpc) is 1.87. The van der Waals surface area contributed by atoms with Crippen molar-refractivity contribution in [3.8, 4) is 6.07 Å². The number of unbranched alkanes of at least 4 members (excludes halogenated alkanes) is 2. The Morgan fingerprint density at radius 3 is 2.80 bits per heavy atom. The summed E-state index contributed by atoms with van der Waals surface area (Å²) in [4.78, 5) is 8.13. The molecular formula is C5H9NO3P+. The summed E-state index contributed by atoms with van der Waals surface area (Å²) >= 11 is 0. The summed E-state index contributed by atoms with van der Waals surface area (Å²) in [6.07, 6.45) is 1.86. The van der Waals surface area contributed by atoms with Gasteiger partial charge in [-0.15, -0.1) is 9.42 Å². The van der Waals surface area contributed by atoms with Crippen LogP contribution >= 0.6 is 8.25 Å². The highest BCUT2D eigenvalue weighted by atomic mass is 31.1. The van der Waals surface area contributed by atoms with Crippen molar-refractivity contribution in [2.75, 3.05) is 6.61 Å². The minimum Gasteiger partial charge on any atom is -0.198 e. The zero-order valence-corrected chi connectivity index (χ0v) is 6.38. The molecule has 0 amide bonds. The van der Waals surface area contributed by atoms with E-state index in [0.717, 1.165) is 6.42 Å². The summed E-state index contributed by atoms with van der Waals surface area (Å²) < 4.78 is 14.2. The van der Waals surface area contributed by atoms with Crippen LogP contribution in [0.3, 0.4) is 0 Å². The molecule has 0 aromatic rings. The van der Waals surface area contributed by atoms with Crippen LogP contribution < -0.4 is 0 Å². The second-order valence-corrected chi connectivity index (χ2v) is 2.42. The first-order valence-corrected chi connectivity index (χ1v) is 4.06. The molecule has 0 aromatic heterocycles. The van der Waals surface area contributed by atoms with Gasteiger partial charge < -0.3 is 0 Å². The fraction of sp³-hybridized carbons (Fsp3) is 0.800. The molecule has 4 nitrogen and oxygen atoms in total. The van der Waals surface area contributed by atoms with Gasteiger partial charge in [0, 0.05) is 11.0 Å². The summed E-state index contributed by atoms with van der Waals surface area (Å²) in [6.45, 7) is 0.257. The molecule has 0 aliphatic rings. The number of hydrogen-bond donors (Lipinski definition) is 1. The maximum atomic E-state index is 9.89. The number of nitrogens with zero attached hydrogens (tertiary/aromatic N) is 1. The molecule has 10 heavy (non-hydrogen) atoms. The van der Waals surface area contributed by atoms with Gasteiger partial charge >= 0.3 is 8.25 Å². The van der Waals surface area contributed by atoms with Gasteiger partial charge in [-0.25, -0.2) is 0 Å². The van der Waals surface area contributed by atoms with Crippen LogP contribution in [0.2, 0.25) is 0 Å². The van der Waals surface area contributed by atoms with Crippen molar-refractivity contribution in [2.45, 2.75) is 19.3 Å². The van der Waals surface area contributed by atoms with Gasteiger partial charge in [0.15, 0.2) is 0 Å². The minimum atomic E-state index is -2.45. The predicted octanol–water partition coefficient (Wildman–Crippen LogP) is 1.35. The van der Waals surface area contributed by atoms with Crippen molar-refractivity contribution in [2.24, 2.45) is 0 Å². The first kappa shape index (κ1) is 9.51. The molecule has 0 saturated heterocycles. The lowest BCUT2D eigenvalue weighted by Crippen LogP contribution is -1.85. The van der Waals surface area contributed by atoms with Gasteiger partial charge in [-0.1, -0.05) is 0 Å². The van der Waals surface area contributed by atoms with Gasteiger partial charge in [-0.05, 0) is 12.8 Å². The molecule has 0 rings (SSSR count). The Hall–Kier alpha value is -0.490. The molecule has 0 aliphatic carbocycles. The number of nitriles is 1. The lowest BCUT2D eigenvalue weighted by atomic mass is 10.3. The van der Waals surface area contributed by atoms with Gasteiger partial charge in [0.1, 0.15) is 6.61 Å². The van der Waals surface area contributed by atoms with Crippen LogP contribution in [-0.4, -0.2) is 11.5 Å². The molecule has 1 N–H and O–H groups in total. The molecule has 56 valence electrons. The zero-order valence-electron chi connectivity index (χ0n) is 5.49. The third-order valence-corrected chi connectivity index (χ3v) is 1.29. The highest BCUT2D eigenvalue weighted by Gasteiger charge is 2.09. The van der Waals surface area contributed by atoms with E-state index in [-0.39, 0.29) is 6.61 Å². The van der Waals surface area contributed by atoms with Crippen LogP contribution in [0.4, 0.5) is 0 Å². The minimum absolute atomic E-state index is 0.257. The van der Waals surface area contributed by atoms with E-state index in [4.69, 9.17) is 10.2 Å². The standard InChI is InChI=1S/C5H8NO3P/c6-4-2-1-3-5-9-10(7)8/h1-3,5H2/p+1. The molecule has 5 heteroatoms. The van der Waals surface area contributed by atoms with Crippen LogP contribution in [-0.2, 0) is 9.09 Å². The van der Waals surface area contributed by atoms with E-state index in [1.165, 1.54) is 0 Å². The van der Waals surface area contributed by atoms with Crippen LogP contribution in [0.25, 0.3) is 0 Å². The van der Waals surface area contributed by atoms with E-state index in [0.29, 0.717) is 12.8 Å². The summed E-state index contributed by atoms with van der Waals surface area (Å²) in [5.41, 5.74) is 0. The maximum Gasteiger partial charge on any atom is 0.694 e. The van der Waals surface area contributed by atoms with Crippen LogP contribution in [0.1, 0.15) is 19.3 Å². The van der Waals surface area contributed by atoms with Crippen molar-refractivity contribution in [1.29, 1.82) is 5.26 Å². The third-order valence-electron chi connectivity index (χ3n) is 0.885. The molecule has 0 saturated carbocycles. The summed E-state index contributed by atoms with van der Waals surface area (Å²) in [5, 5.41) is 8.08. The van der Waals surface area contributed by atoms with Crippen molar-refractivity contribution >= 4 is 8.25 Å². The highest BCUT2D eigenvalue weighted by Crippen LogP contribution is 2.14. The molecule has 1 atom stereocenters. The summed E-state index contributed by atoms with van der Waals surface area (Å²) in [6, 6.07) is 1.96. The Bertz CT molecular complexity index is 142. The van der Waals surface area contributed by atoms with E-state index in [1.807, 2.05) is 6.07 Å². The van der Waals surface area contributed by atoms with Gasteiger partial charge in [0.25, 0.3) is 0 Å². The molecule has 0 heterocycles. The second-order valence-electron chi connectivity index (χ2n) is 1.69. The van der Waals surface area contributed by atoms with Crippen LogP contribution in [0.15, 0.2) is 0 Å². The summed E-state index contributed by atoms with van der Waals surface area (Å²) in [5.74, 6) is 0. The Morgan fingerprint density at radius 1 is 1.60 bits per heavy atom. The largest absolute Gasteiger partial charge is 0.694 e. The topological polar surface area (TPSA) is 70.3 Å². The van der Waals surface area contributed by atoms with Gasteiger partial charge in [-0.2, -0.15) is 5.26 Å². The SMILES string of the molecule is N#CCCCCO[P+](=O)O. The zero-order chi connectivity index (χ0) is 7.82. The van der Waals surface area contributed by atoms with Gasteiger partial charge in [0.2, 0.25) is 0 Å². The highest BCUT2D eigenvalue weighted by molar-refractivity contribution is 7.32. The van der Waals surface area contributed by atoms with Crippen molar-refractivity contribution in [1.82, 2.24) is 0 Å². The first-order chi connectivity index (χ1) is 4.77. The van der Waals surface area contributed by atoms with Crippen molar-refractivity contribution in [3.05, 3.63) is 0 Å². The fourth-order valence-corrected chi connectivity index (χ4v) is 0.734. The molecule has 0 radical (unpaired) electrons. The van der Waals surface area contributed by atoms with E-state index >= 15 is 0 Å². The quantitative estimate of drug-likeness (QED) is 0.489. The monoisotopic (exact) mass is 162 g/mol. The second kappa shape index (κ2) is 6.63. The lowest BCUT2D eigenvalue weighted by Gasteiger charge is -1.86. The molecule has 0 aliphatic heterocycles. The Labute approximate surface area is 60.4 Å². The fourth-order valence-electron chi connectivity index (χ4n) is 0.449. The van der Waals surface area contributed by atoms with E-state index in [2.05, 4.69) is 4.52 Å². The van der Waals surface area contributed by atoms with Crippen LogP contribution in [0.5, 0.6) is 0 Å². The molecule has 0 spiro atoms. The van der Waals surface area contributed by atoms with Gasteiger partial charge in [0.05, 0.1) is 6.07 Å². The molecule has 0 bridgehead atoms. The molecule has 0 aromatic carbocycles. The average molecular weight is 162 g/mol. The Kier molecular flexibility index (Phi) is 6.30. The molecule has 1 unspecified atom stereocenters. The van der Waals surface area contributed by atoms with E-state index in [1.54, 1.807) is 0 Å². The maximum absolute atomic E-state index is 9.89. The smallest absolute Gasteiger partial charge is 0.198 e. The van der Waals surface area contributed by atoms with Crippen molar-refractivity contribution < 1.29 is 14.0 Å². The van der Waals surface area contributed by atoms with E-state index < -0.39 is 8.25 Å².